The van der Waals surface area contributed by atoms with Gasteiger partial charge < -0.3 is 19.7 Å². The van der Waals surface area contributed by atoms with Crippen LogP contribution >= 0.6 is 23.4 Å². The van der Waals surface area contributed by atoms with Crippen LogP contribution in [0.2, 0.25) is 5.02 Å². The zero-order valence-corrected chi connectivity index (χ0v) is 21.6. The minimum absolute atomic E-state index is 0.180. The summed E-state index contributed by atoms with van der Waals surface area (Å²) in [7, 11) is 1.48. The lowest BCUT2D eigenvalue weighted by Gasteiger charge is -2.13. The fraction of sp³-hybridized carbons (Fsp3) is 0.154. The van der Waals surface area contributed by atoms with E-state index >= 15 is 0 Å². The molecule has 1 aromatic heterocycles. The van der Waals surface area contributed by atoms with Crippen molar-refractivity contribution in [1.29, 1.82) is 0 Å². The van der Waals surface area contributed by atoms with Gasteiger partial charge in [0, 0.05) is 22.8 Å². The topological polar surface area (TPSA) is 118 Å². The molecule has 1 aliphatic heterocycles. The fourth-order valence-electron chi connectivity index (χ4n) is 3.95. The molecule has 1 aliphatic rings. The summed E-state index contributed by atoms with van der Waals surface area (Å²) in [5, 5.41) is 11.5. The number of thioether (sulfide) groups is 1. The third kappa shape index (κ3) is 5.40. The van der Waals surface area contributed by atoms with E-state index in [1.165, 1.54) is 25.3 Å². The normalized spacial score (nSPS) is 14.4. The maximum Gasteiger partial charge on any atom is 0.335 e. The maximum absolute atomic E-state index is 13.0. The average molecular weight is 540 g/mol. The Kier molecular flexibility index (Phi) is 7.42. The number of carboxylic acid groups (broad SMARTS) is 1. The highest BCUT2D eigenvalue weighted by atomic mass is 35.5. The van der Waals surface area contributed by atoms with E-state index in [2.05, 4.69) is 5.32 Å². The van der Waals surface area contributed by atoms with E-state index in [-0.39, 0.29) is 10.5 Å². The van der Waals surface area contributed by atoms with Crippen LogP contribution in [0.5, 0.6) is 5.75 Å². The van der Waals surface area contributed by atoms with E-state index < -0.39 is 29.6 Å². The van der Waals surface area contributed by atoms with E-state index in [1.807, 2.05) is 24.5 Å². The van der Waals surface area contributed by atoms with Crippen molar-refractivity contribution in [2.75, 3.05) is 19.0 Å². The van der Waals surface area contributed by atoms with Crippen molar-refractivity contribution in [1.82, 2.24) is 9.47 Å². The van der Waals surface area contributed by atoms with Gasteiger partial charge in [0.15, 0.2) is 0 Å². The van der Waals surface area contributed by atoms with Gasteiger partial charge in [0.25, 0.3) is 11.1 Å². The van der Waals surface area contributed by atoms with Crippen LogP contribution in [0.1, 0.15) is 27.3 Å². The number of ether oxygens (including phenoxy) is 1. The lowest BCUT2D eigenvalue weighted by Crippen LogP contribution is -2.36. The molecule has 0 saturated carbocycles. The number of carbonyl (C=O) groups excluding carboxylic acids is 3. The molecule has 0 atom stereocenters. The Hall–Kier alpha value is -4.02. The molecule has 11 heteroatoms. The van der Waals surface area contributed by atoms with E-state index in [0.717, 1.165) is 39.3 Å². The number of nitrogens with zero attached hydrogens (tertiary/aromatic N) is 2. The summed E-state index contributed by atoms with van der Waals surface area (Å²) in [5.41, 5.74) is 3.75. The molecule has 2 heterocycles. The number of hydrogen-bond acceptors (Lipinski definition) is 6. The Morgan fingerprint density at radius 3 is 2.43 bits per heavy atom. The van der Waals surface area contributed by atoms with Gasteiger partial charge in [-0.2, -0.15) is 0 Å². The monoisotopic (exact) mass is 539 g/mol. The van der Waals surface area contributed by atoms with E-state index in [0.29, 0.717) is 16.5 Å². The molecule has 1 fully saturated rings. The molecule has 9 nitrogen and oxygen atoms in total. The highest BCUT2D eigenvalue weighted by Crippen LogP contribution is 2.34. The summed E-state index contributed by atoms with van der Waals surface area (Å²) in [6, 6.07) is 13.0. The van der Waals surface area contributed by atoms with Gasteiger partial charge in [0.05, 0.1) is 22.6 Å². The predicted molar refractivity (Wildman–Crippen MR) is 142 cm³/mol. The van der Waals surface area contributed by atoms with E-state index in [1.54, 1.807) is 30.3 Å². The molecule has 0 unspecified atom stereocenters. The van der Waals surface area contributed by atoms with Gasteiger partial charge in [-0.15, -0.1) is 0 Å². The number of amides is 3. The van der Waals surface area contributed by atoms with Gasteiger partial charge in [-0.3, -0.25) is 19.3 Å². The molecule has 190 valence electrons. The van der Waals surface area contributed by atoms with Gasteiger partial charge in [-0.1, -0.05) is 11.6 Å². The molecule has 2 N–H and O–H groups in total. The van der Waals surface area contributed by atoms with Crippen molar-refractivity contribution in [3.05, 3.63) is 81.0 Å². The van der Waals surface area contributed by atoms with Crippen molar-refractivity contribution >= 4 is 58.1 Å². The summed E-state index contributed by atoms with van der Waals surface area (Å²) in [4.78, 5) is 50.2. The summed E-state index contributed by atoms with van der Waals surface area (Å²) in [6.45, 7) is 3.30. The van der Waals surface area contributed by atoms with Crippen LogP contribution in [-0.4, -0.2) is 51.3 Å². The van der Waals surface area contributed by atoms with Crippen molar-refractivity contribution in [3.63, 3.8) is 0 Å². The quantitative estimate of drug-likeness (QED) is 0.400. The third-order valence-electron chi connectivity index (χ3n) is 5.74. The van der Waals surface area contributed by atoms with E-state index in [9.17, 15) is 19.2 Å². The van der Waals surface area contributed by atoms with Crippen molar-refractivity contribution in [2.24, 2.45) is 0 Å². The first-order valence-electron chi connectivity index (χ1n) is 11.0. The highest BCUT2D eigenvalue weighted by Gasteiger charge is 2.36. The number of imide groups is 1. The number of rotatable bonds is 7. The summed E-state index contributed by atoms with van der Waals surface area (Å²) in [6.07, 6.45) is 1.62. The number of benzene rings is 2. The first-order chi connectivity index (χ1) is 17.6. The van der Waals surface area contributed by atoms with Gasteiger partial charge in [0.2, 0.25) is 5.91 Å². The number of halogens is 1. The molecule has 0 spiro atoms. The largest absolute Gasteiger partial charge is 0.495 e. The molecular formula is C26H22ClN3O6S. The van der Waals surface area contributed by atoms with Crippen molar-refractivity contribution < 1.29 is 29.0 Å². The molecule has 0 aliphatic carbocycles. The van der Waals surface area contributed by atoms with Crippen LogP contribution in [0.15, 0.2) is 53.4 Å². The molecule has 37 heavy (non-hydrogen) atoms. The van der Waals surface area contributed by atoms with Gasteiger partial charge in [-0.25, -0.2) is 4.79 Å². The zero-order valence-electron chi connectivity index (χ0n) is 20.1. The van der Waals surface area contributed by atoms with Crippen LogP contribution < -0.4 is 10.1 Å². The smallest absolute Gasteiger partial charge is 0.335 e. The lowest BCUT2D eigenvalue weighted by atomic mass is 10.2. The summed E-state index contributed by atoms with van der Waals surface area (Å²) < 4.78 is 7.01. The van der Waals surface area contributed by atoms with Crippen LogP contribution in [0.3, 0.4) is 0 Å². The number of methoxy groups -OCH3 is 1. The predicted octanol–water partition coefficient (Wildman–Crippen LogP) is 5.13. The van der Waals surface area contributed by atoms with Crippen LogP contribution in [-0.2, 0) is 9.59 Å². The Balaban J connectivity index is 1.50. The molecule has 3 aromatic rings. The average Bonchev–Trinajstić information content (AvgIpc) is 3.28. The molecule has 0 radical (unpaired) electrons. The number of carbonyl (C=O) groups is 4. The Morgan fingerprint density at radius 2 is 1.81 bits per heavy atom. The minimum Gasteiger partial charge on any atom is -0.495 e. The Labute approximate surface area is 221 Å². The number of carboxylic acids is 1. The highest BCUT2D eigenvalue weighted by molar-refractivity contribution is 8.18. The van der Waals surface area contributed by atoms with Gasteiger partial charge in [-0.05, 0) is 85.8 Å². The molecule has 3 amide bonds. The summed E-state index contributed by atoms with van der Waals surface area (Å²) >= 11 is 6.84. The maximum atomic E-state index is 13.0. The number of hydrogen-bond donors (Lipinski definition) is 2. The Morgan fingerprint density at radius 1 is 1.11 bits per heavy atom. The molecule has 1 saturated heterocycles. The number of aromatic nitrogens is 1. The zero-order chi connectivity index (χ0) is 26.9. The van der Waals surface area contributed by atoms with E-state index in [4.69, 9.17) is 21.4 Å². The molecule has 0 bridgehead atoms. The Bertz CT molecular complexity index is 1460. The number of nitrogens with one attached hydrogen (secondary N) is 1. The van der Waals surface area contributed by atoms with Crippen molar-refractivity contribution in [2.45, 2.75) is 13.8 Å². The summed E-state index contributed by atoms with van der Waals surface area (Å²) in [5.74, 6) is -1.67. The lowest BCUT2D eigenvalue weighted by molar-refractivity contribution is -0.127. The number of aromatic carboxylic acids is 1. The van der Waals surface area contributed by atoms with Crippen LogP contribution in [0.25, 0.3) is 11.8 Å². The minimum atomic E-state index is -1.01. The number of anilines is 1. The van der Waals surface area contributed by atoms with Gasteiger partial charge >= 0.3 is 5.97 Å². The SMILES string of the molecule is COc1ccc(NC(=O)CN2C(=O)S/C(=C/c3cc(C)n(-c4ccc(C(=O)O)cc4)c3C)C2=O)cc1Cl. The first-order valence-corrected chi connectivity index (χ1v) is 12.2. The van der Waals surface area contributed by atoms with Crippen LogP contribution in [0, 0.1) is 13.8 Å². The van der Waals surface area contributed by atoms with Crippen molar-refractivity contribution in [3.8, 4) is 11.4 Å². The number of aryl methyl sites for hydroxylation is 1. The second-order valence-electron chi connectivity index (χ2n) is 8.18. The van der Waals surface area contributed by atoms with Gasteiger partial charge in [0.1, 0.15) is 12.3 Å². The fourth-order valence-corrected chi connectivity index (χ4v) is 5.04. The molecule has 4 rings (SSSR count). The standard InChI is InChI=1S/C26H22ClN3O6S/c1-14-10-17(15(2)30(14)19-7-4-16(5-8-19)25(33)34)11-22-24(32)29(26(35)37-22)13-23(31)28-18-6-9-21(36-3)20(27)12-18/h4-12H,13H2,1-3H3,(H,28,31)(H,33,34)/b22-11+. The third-order valence-corrected chi connectivity index (χ3v) is 6.94. The molecule has 2 aromatic carbocycles. The van der Waals surface area contributed by atoms with Crippen LogP contribution in [0.4, 0.5) is 10.5 Å². The molecular weight excluding hydrogens is 518 g/mol. The second-order valence-corrected chi connectivity index (χ2v) is 9.58. The second kappa shape index (κ2) is 10.5. The first kappa shape index (κ1) is 26.1.